The van der Waals surface area contributed by atoms with Gasteiger partial charge in [-0.15, -0.1) is 0 Å². The van der Waals surface area contributed by atoms with Crippen LogP contribution in [0.25, 0.3) is 22.4 Å². The second-order valence-electron chi connectivity index (χ2n) is 5.56. The number of carbonyl (C=O) groups is 1. The predicted molar refractivity (Wildman–Crippen MR) is 84.5 cm³/mol. The zero-order chi connectivity index (χ0) is 15.7. The SMILES string of the molecule is CC(C)C(C(=O)O)n1c(-c2ccncc2)nc2ccccc21. The highest BCUT2D eigenvalue weighted by Gasteiger charge is 2.28. The molecule has 5 heteroatoms. The van der Waals surface area contributed by atoms with Gasteiger partial charge in [0.15, 0.2) is 0 Å². The molecule has 0 saturated carbocycles. The first-order valence-corrected chi connectivity index (χ1v) is 7.19. The second-order valence-corrected chi connectivity index (χ2v) is 5.56. The van der Waals surface area contributed by atoms with Gasteiger partial charge in [-0.3, -0.25) is 4.98 Å². The van der Waals surface area contributed by atoms with E-state index in [0.717, 1.165) is 16.6 Å². The maximum absolute atomic E-state index is 11.8. The fourth-order valence-electron chi connectivity index (χ4n) is 2.72. The van der Waals surface area contributed by atoms with Crippen molar-refractivity contribution in [2.75, 3.05) is 0 Å². The van der Waals surface area contributed by atoms with E-state index in [1.54, 1.807) is 12.4 Å². The molecule has 112 valence electrons. The minimum Gasteiger partial charge on any atom is -0.480 e. The Balaban J connectivity index is 2.33. The van der Waals surface area contributed by atoms with Crippen LogP contribution in [0.2, 0.25) is 0 Å². The molecule has 1 atom stereocenters. The van der Waals surface area contributed by atoms with E-state index in [1.165, 1.54) is 0 Å². The summed E-state index contributed by atoms with van der Waals surface area (Å²) in [7, 11) is 0. The van der Waals surface area contributed by atoms with Gasteiger partial charge < -0.3 is 9.67 Å². The molecular formula is C17H17N3O2. The fraction of sp³-hybridized carbons (Fsp3) is 0.235. The zero-order valence-electron chi connectivity index (χ0n) is 12.5. The molecule has 5 nitrogen and oxygen atoms in total. The van der Waals surface area contributed by atoms with Crippen LogP contribution in [-0.2, 0) is 4.79 Å². The van der Waals surface area contributed by atoms with Crippen LogP contribution in [0.15, 0.2) is 48.8 Å². The maximum Gasteiger partial charge on any atom is 0.327 e. The van der Waals surface area contributed by atoms with Gasteiger partial charge in [-0.2, -0.15) is 0 Å². The molecular weight excluding hydrogens is 278 g/mol. The largest absolute Gasteiger partial charge is 0.480 e. The molecule has 1 unspecified atom stereocenters. The van der Waals surface area contributed by atoms with E-state index in [-0.39, 0.29) is 5.92 Å². The topological polar surface area (TPSA) is 68.0 Å². The zero-order valence-corrected chi connectivity index (χ0v) is 12.5. The minimum absolute atomic E-state index is 0.0595. The lowest BCUT2D eigenvalue weighted by atomic mass is 10.0. The number of carboxylic acid groups (broad SMARTS) is 1. The van der Waals surface area contributed by atoms with Crippen LogP contribution in [0.5, 0.6) is 0 Å². The molecule has 0 radical (unpaired) electrons. The molecule has 2 aromatic heterocycles. The molecule has 0 spiro atoms. The van der Waals surface area contributed by atoms with Gasteiger partial charge in [0.1, 0.15) is 11.9 Å². The van der Waals surface area contributed by atoms with E-state index >= 15 is 0 Å². The molecule has 2 heterocycles. The summed E-state index contributed by atoms with van der Waals surface area (Å²) in [5.41, 5.74) is 2.48. The molecule has 0 amide bonds. The molecule has 0 saturated heterocycles. The smallest absolute Gasteiger partial charge is 0.327 e. The van der Waals surface area contributed by atoms with Crippen molar-refractivity contribution in [1.29, 1.82) is 0 Å². The highest BCUT2D eigenvalue weighted by Crippen LogP contribution is 2.31. The predicted octanol–water partition coefficient (Wildman–Crippen LogP) is 3.38. The quantitative estimate of drug-likeness (QED) is 0.801. The first kappa shape index (κ1) is 14.3. The number of nitrogens with zero attached hydrogens (tertiary/aromatic N) is 3. The van der Waals surface area contributed by atoms with Gasteiger partial charge in [-0.1, -0.05) is 26.0 Å². The summed E-state index contributed by atoms with van der Waals surface area (Å²) in [4.78, 5) is 20.5. The van der Waals surface area contributed by atoms with Crippen molar-refractivity contribution in [1.82, 2.24) is 14.5 Å². The Kier molecular flexibility index (Phi) is 3.63. The van der Waals surface area contributed by atoms with Crippen LogP contribution in [-0.4, -0.2) is 25.6 Å². The number of para-hydroxylation sites is 2. The highest BCUT2D eigenvalue weighted by atomic mass is 16.4. The summed E-state index contributed by atoms with van der Waals surface area (Å²) >= 11 is 0. The number of pyridine rings is 1. The van der Waals surface area contributed by atoms with Crippen molar-refractivity contribution in [3.8, 4) is 11.4 Å². The standard InChI is InChI=1S/C17H17N3O2/c1-11(2)15(17(21)22)20-14-6-4-3-5-13(14)19-16(20)12-7-9-18-10-8-12/h3-11,15H,1-2H3,(H,21,22). The van der Waals surface area contributed by atoms with E-state index in [0.29, 0.717) is 5.82 Å². The summed E-state index contributed by atoms with van der Waals surface area (Å²) < 4.78 is 1.82. The van der Waals surface area contributed by atoms with Crippen LogP contribution in [0, 0.1) is 5.92 Å². The number of benzene rings is 1. The molecule has 3 aromatic rings. The van der Waals surface area contributed by atoms with Crippen LogP contribution in [0.1, 0.15) is 19.9 Å². The molecule has 1 aromatic carbocycles. The Hall–Kier alpha value is -2.69. The second kappa shape index (κ2) is 5.60. The molecule has 22 heavy (non-hydrogen) atoms. The third-order valence-electron chi connectivity index (χ3n) is 3.70. The molecule has 1 N–H and O–H groups in total. The summed E-state index contributed by atoms with van der Waals surface area (Å²) in [5, 5.41) is 9.69. The lowest BCUT2D eigenvalue weighted by molar-refractivity contribution is -0.142. The van der Waals surface area contributed by atoms with E-state index in [9.17, 15) is 9.90 Å². The fourth-order valence-corrected chi connectivity index (χ4v) is 2.72. The summed E-state index contributed by atoms with van der Waals surface area (Å²) in [6.07, 6.45) is 3.37. The number of carboxylic acids is 1. The van der Waals surface area contributed by atoms with Gasteiger partial charge in [0.05, 0.1) is 11.0 Å². The highest BCUT2D eigenvalue weighted by molar-refractivity contribution is 5.84. The molecule has 0 aliphatic rings. The lowest BCUT2D eigenvalue weighted by Gasteiger charge is -2.21. The Morgan fingerprint density at radius 3 is 2.45 bits per heavy atom. The maximum atomic E-state index is 11.8. The first-order valence-electron chi connectivity index (χ1n) is 7.19. The van der Waals surface area contributed by atoms with E-state index < -0.39 is 12.0 Å². The van der Waals surface area contributed by atoms with Crippen LogP contribution >= 0.6 is 0 Å². The summed E-state index contributed by atoms with van der Waals surface area (Å²) in [6.45, 7) is 3.81. The first-order chi connectivity index (χ1) is 10.6. The molecule has 0 aliphatic carbocycles. The minimum atomic E-state index is -0.853. The van der Waals surface area contributed by atoms with E-state index in [2.05, 4.69) is 9.97 Å². The number of hydrogen-bond acceptors (Lipinski definition) is 3. The number of rotatable bonds is 4. The average Bonchev–Trinajstić information content (AvgIpc) is 2.87. The van der Waals surface area contributed by atoms with Crippen molar-refractivity contribution in [2.24, 2.45) is 5.92 Å². The summed E-state index contributed by atoms with van der Waals surface area (Å²) in [6, 6.07) is 10.6. The Bertz CT molecular complexity index is 809. The molecule has 0 aliphatic heterocycles. The van der Waals surface area contributed by atoms with Gasteiger partial charge in [0, 0.05) is 18.0 Å². The molecule has 0 fully saturated rings. The van der Waals surface area contributed by atoms with Crippen molar-refractivity contribution >= 4 is 17.0 Å². The number of imidazole rings is 1. The average molecular weight is 295 g/mol. The Labute approximate surface area is 128 Å². The van der Waals surface area contributed by atoms with Crippen molar-refractivity contribution in [2.45, 2.75) is 19.9 Å². The Morgan fingerprint density at radius 2 is 1.82 bits per heavy atom. The lowest BCUT2D eigenvalue weighted by Crippen LogP contribution is -2.24. The normalized spacial score (nSPS) is 12.7. The number of hydrogen-bond donors (Lipinski definition) is 1. The van der Waals surface area contributed by atoms with Crippen LogP contribution in [0.4, 0.5) is 0 Å². The Morgan fingerprint density at radius 1 is 1.14 bits per heavy atom. The van der Waals surface area contributed by atoms with Gasteiger partial charge >= 0.3 is 5.97 Å². The molecule has 0 bridgehead atoms. The van der Waals surface area contributed by atoms with Crippen molar-refractivity contribution < 1.29 is 9.90 Å². The number of fused-ring (bicyclic) bond motifs is 1. The van der Waals surface area contributed by atoms with Gasteiger partial charge in [-0.25, -0.2) is 9.78 Å². The van der Waals surface area contributed by atoms with Gasteiger partial charge in [0.2, 0.25) is 0 Å². The monoisotopic (exact) mass is 295 g/mol. The van der Waals surface area contributed by atoms with Gasteiger partial charge in [0.25, 0.3) is 0 Å². The third-order valence-corrected chi connectivity index (χ3v) is 3.70. The van der Waals surface area contributed by atoms with E-state index in [4.69, 9.17) is 0 Å². The summed E-state index contributed by atoms with van der Waals surface area (Å²) in [5.74, 6) is -0.256. The molecule has 3 rings (SSSR count). The third kappa shape index (κ3) is 2.35. The van der Waals surface area contributed by atoms with Crippen LogP contribution in [0.3, 0.4) is 0 Å². The van der Waals surface area contributed by atoms with Gasteiger partial charge in [-0.05, 0) is 30.2 Å². The van der Waals surface area contributed by atoms with Crippen LogP contribution < -0.4 is 0 Å². The van der Waals surface area contributed by atoms with Crippen molar-refractivity contribution in [3.63, 3.8) is 0 Å². The van der Waals surface area contributed by atoms with Crippen molar-refractivity contribution in [3.05, 3.63) is 48.8 Å². The number of aromatic nitrogens is 3. The number of aliphatic carboxylic acids is 1. The van der Waals surface area contributed by atoms with E-state index in [1.807, 2.05) is 54.8 Å².